The highest BCUT2D eigenvalue weighted by Gasteiger charge is 2.07. The highest BCUT2D eigenvalue weighted by molar-refractivity contribution is 7.85. The molecule has 0 bridgehead atoms. The molecule has 6 heteroatoms. The SMILES string of the molecule is CS(=O)(=O)OCCC(C#N)CO. The van der Waals surface area contributed by atoms with Gasteiger partial charge in [0.25, 0.3) is 10.1 Å². The van der Waals surface area contributed by atoms with Gasteiger partial charge in [-0.1, -0.05) is 0 Å². The van der Waals surface area contributed by atoms with E-state index in [0.29, 0.717) is 0 Å². The maximum Gasteiger partial charge on any atom is 0.264 e. The van der Waals surface area contributed by atoms with Gasteiger partial charge in [-0.3, -0.25) is 4.18 Å². The molecule has 0 aliphatic carbocycles. The van der Waals surface area contributed by atoms with Gasteiger partial charge in [0.15, 0.2) is 0 Å². The highest BCUT2D eigenvalue weighted by atomic mass is 32.2. The Morgan fingerprint density at radius 2 is 2.25 bits per heavy atom. The Hall–Kier alpha value is -0.640. The van der Waals surface area contributed by atoms with E-state index in [9.17, 15) is 8.42 Å². The van der Waals surface area contributed by atoms with Crippen LogP contribution in [0.15, 0.2) is 0 Å². The predicted octanol–water partition coefficient (Wildman–Crippen LogP) is -0.515. The summed E-state index contributed by atoms with van der Waals surface area (Å²) in [6.45, 7) is -0.332. The zero-order valence-corrected chi connectivity index (χ0v) is 7.54. The number of aliphatic hydroxyl groups excluding tert-OH is 1. The summed E-state index contributed by atoms with van der Waals surface area (Å²) in [6.07, 6.45) is 1.16. The third kappa shape index (κ3) is 6.09. The Morgan fingerprint density at radius 1 is 1.67 bits per heavy atom. The summed E-state index contributed by atoms with van der Waals surface area (Å²) in [4.78, 5) is 0. The first-order chi connectivity index (χ1) is 5.49. The van der Waals surface area contributed by atoms with Crippen molar-refractivity contribution in [3.8, 4) is 6.07 Å². The Kier molecular flexibility index (Phi) is 4.81. The minimum atomic E-state index is -3.43. The molecular formula is C6H11NO4S. The lowest BCUT2D eigenvalue weighted by Gasteiger charge is -2.03. The van der Waals surface area contributed by atoms with E-state index in [0.717, 1.165) is 6.26 Å². The van der Waals surface area contributed by atoms with Crippen molar-refractivity contribution in [1.82, 2.24) is 0 Å². The Labute approximate surface area is 71.7 Å². The lowest BCUT2D eigenvalue weighted by molar-refractivity contribution is 0.222. The molecule has 1 atom stereocenters. The second kappa shape index (κ2) is 5.09. The molecule has 0 aliphatic rings. The molecule has 0 aromatic rings. The van der Waals surface area contributed by atoms with E-state index in [1.54, 1.807) is 0 Å². The van der Waals surface area contributed by atoms with Crippen LogP contribution < -0.4 is 0 Å². The van der Waals surface area contributed by atoms with Gasteiger partial charge in [0, 0.05) is 0 Å². The molecule has 0 rings (SSSR count). The average molecular weight is 193 g/mol. The van der Waals surface area contributed by atoms with Crippen molar-refractivity contribution < 1.29 is 17.7 Å². The number of rotatable bonds is 5. The zero-order chi connectivity index (χ0) is 9.61. The minimum absolute atomic E-state index is 0.0579. The van der Waals surface area contributed by atoms with Crippen LogP contribution >= 0.6 is 0 Å². The summed E-state index contributed by atoms with van der Waals surface area (Å²) in [5.74, 6) is -0.549. The minimum Gasteiger partial charge on any atom is -0.395 e. The van der Waals surface area contributed by atoms with Crippen molar-refractivity contribution in [3.63, 3.8) is 0 Å². The molecule has 0 aliphatic heterocycles. The molecule has 0 saturated heterocycles. The van der Waals surface area contributed by atoms with Gasteiger partial charge in [-0.15, -0.1) is 0 Å². The third-order valence-electron chi connectivity index (χ3n) is 1.17. The molecule has 5 nitrogen and oxygen atoms in total. The molecule has 0 aromatic heterocycles. The molecule has 0 heterocycles. The van der Waals surface area contributed by atoms with Crippen molar-refractivity contribution in [2.75, 3.05) is 19.5 Å². The normalized spacial score (nSPS) is 13.8. The lowest BCUT2D eigenvalue weighted by atomic mass is 10.1. The molecule has 0 radical (unpaired) electrons. The number of hydrogen-bond acceptors (Lipinski definition) is 5. The first-order valence-corrected chi connectivity index (χ1v) is 5.16. The van der Waals surface area contributed by atoms with E-state index in [4.69, 9.17) is 10.4 Å². The summed E-state index contributed by atoms with van der Waals surface area (Å²) >= 11 is 0. The smallest absolute Gasteiger partial charge is 0.264 e. The predicted molar refractivity (Wildman–Crippen MR) is 41.6 cm³/mol. The van der Waals surface area contributed by atoms with Gasteiger partial charge in [-0.25, -0.2) is 0 Å². The second-order valence-corrected chi connectivity index (χ2v) is 3.97. The van der Waals surface area contributed by atoms with Crippen LogP contribution in [-0.4, -0.2) is 33.0 Å². The average Bonchev–Trinajstić information content (AvgIpc) is 1.96. The van der Waals surface area contributed by atoms with Gasteiger partial charge in [0.2, 0.25) is 0 Å². The van der Waals surface area contributed by atoms with Crippen molar-refractivity contribution >= 4 is 10.1 Å². The first kappa shape index (κ1) is 11.4. The molecule has 1 N–H and O–H groups in total. The van der Waals surface area contributed by atoms with Gasteiger partial charge in [-0.2, -0.15) is 13.7 Å². The molecule has 0 amide bonds. The summed E-state index contributed by atoms with van der Waals surface area (Å²) in [6, 6.07) is 1.81. The van der Waals surface area contributed by atoms with Crippen LogP contribution in [-0.2, 0) is 14.3 Å². The van der Waals surface area contributed by atoms with Gasteiger partial charge in [0.05, 0.1) is 31.5 Å². The van der Waals surface area contributed by atoms with Crippen LogP contribution in [0.2, 0.25) is 0 Å². The quantitative estimate of drug-likeness (QED) is 0.594. The van der Waals surface area contributed by atoms with E-state index in [1.165, 1.54) is 0 Å². The van der Waals surface area contributed by atoms with Crippen LogP contribution in [0.5, 0.6) is 0 Å². The van der Waals surface area contributed by atoms with Crippen molar-refractivity contribution in [3.05, 3.63) is 0 Å². The second-order valence-electron chi connectivity index (χ2n) is 2.32. The van der Waals surface area contributed by atoms with Crippen molar-refractivity contribution in [2.24, 2.45) is 5.92 Å². The molecule has 0 aromatic carbocycles. The molecule has 1 unspecified atom stereocenters. The molecular weight excluding hydrogens is 182 g/mol. The molecule has 0 spiro atoms. The van der Waals surface area contributed by atoms with Crippen LogP contribution in [0, 0.1) is 17.2 Å². The van der Waals surface area contributed by atoms with E-state index in [-0.39, 0.29) is 19.6 Å². The highest BCUT2D eigenvalue weighted by Crippen LogP contribution is 2.01. The summed E-state index contributed by atoms with van der Waals surface area (Å²) in [5.41, 5.74) is 0. The van der Waals surface area contributed by atoms with Crippen LogP contribution in [0.1, 0.15) is 6.42 Å². The Balaban J connectivity index is 3.64. The summed E-state index contributed by atoms with van der Waals surface area (Å²) in [5, 5.41) is 16.9. The molecule has 12 heavy (non-hydrogen) atoms. The Morgan fingerprint density at radius 3 is 2.58 bits per heavy atom. The fraction of sp³-hybridized carbons (Fsp3) is 0.833. The summed E-state index contributed by atoms with van der Waals surface area (Å²) < 4.78 is 25.2. The maximum atomic E-state index is 10.4. The van der Waals surface area contributed by atoms with Gasteiger partial charge in [-0.05, 0) is 6.42 Å². The van der Waals surface area contributed by atoms with E-state index in [2.05, 4.69) is 4.18 Å². The maximum absolute atomic E-state index is 10.4. The van der Waals surface area contributed by atoms with Gasteiger partial charge < -0.3 is 5.11 Å². The number of nitriles is 1. The van der Waals surface area contributed by atoms with Crippen molar-refractivity contribution in [1.29, 1.82) is 5.26 Å². The first-order valence-electron chi connectivity index (χ1n) is 3.34. The number of nitrogens with zero attached hydrogens (tertiary/aromatic N) is 1. The van der Waals surface area contributed by atoms with E-state index >= 15 is 0 Å². The fourth-order valence-corrected chi connectivity index (χ4v) is 0.937. The van der Waals surface area contributed by atoms with Gasteiger partial charge in [0.1, 0.15) is 0 Å². The van der Waals surface area contributed by atoms with E-state index < -0.39 is 16.0 Å². The third-order valence-corrected chi connectivity index (χ3v) is 1.76. The zero-order valence-electron chi connectivity index (χ0n) is 6.73. The number of hydrogen-bond donors (Lipinski definition) is 1. The topological polar surface area (TPSA) is 87.4 Å². The van der Waals surface area contributed by atoms with Crippen LogP contribution in [0.25, 0.3) is 0 Å². The Bertz CT molecular complexity index is 253. The monoisotopic (exact) mass is 193 g/mol. The van der Waals surface area contributed by atoms with Crippen LogP contribution in [0.3, 0.4) is 0 Å². The standard InChI is InChI=1S/C6H11NO4S/c1-12(9,10)11-3-2-6(4-7)5-8/h6,8H,2-3,5H2,1H3. The summed E-state index contributed by atoms with van der Waals surface area (Å²) in [7, 11) is -3.43. The molecule has 0 fully saturated rings. The van der Waals surface area contributed by atoms with E-state index in [1.807, 2.05) is 6.07 Å². The fourth-order valence-electron chi connectivity index (χ4n) is 0.538. The number of aliphatic hydroxyl groups is 1. The molecule has 0 saturated carbocycles. The van der Waals surface area contributed by atoms with Crippen molar-refractivity contribution in [2.45, 2.75) is 6.42 Å². The largest absolute Gasteiger partial charge is 0.395 e. The van der Waals surface area contributed by atoms with Crippen LogP contribution in [0.4, 0.5) is 0 Å². The lowest BCUT2D eigenvalue weighted by Crippen LogP contribution is -2.10. The molecule has 70 valence electrons. The van der Waals surface area contributed by atoms with Gasteiger partial charge >= 0.3 is 0 Å².